The molecule has 2 bridgehead atoms. The van der Waals surface area contributed by atoms with Crippen LogP contribution in [0.1, 0.15) is 53.0 Å². The average molecular weight is 488 g/mol. The number of carbonyl (C=O) groups excluding carboxylic acids is 3. The summed E-state index contributed by atoms with van der Waals surface area (Å²) in [7, 11) is 0. The molecule has 3 fully saturated rings. The smallest absolute Gasteiger partial charge is 0.244 e. The first kappa shape index (κ1) is 25.0. The van der Waals surface area contributed by atoms with Gasteiger partial charge in [-0.05, 0) is 45.1 Å². The van der Waals surface area contributed by atoms with E-state index in [1.807, 2.05) is 58.0 Å². The van der Waals surface area contributed by atoms with Crippen molar-refractivity contribution in [2.24, 2.45) is 17.8 Å². The van der Waals surface area contributed by atoms with Crippen LogP contribution in [0.5, 0.6) is 0 Å². The monoisotopic (exact) mass is 487 g/mol. The van der Waals surface area contributed by atoms with Crippen molar-refractivity contribution >= 4 is 29.5 Å². The van der Waals surface area contributed by atoms with Crippen LogP contribution >= 0.6 is 11.8 Å². The van der Waals surface area contributed by atoms with Gasteiger partial charge in [0, 0.05) is 17.3 Å². The van der Waals surface area contributed by atoms with Gasteiger partial charge < -0.3 is 20.6 Å². The van der Waals surface area contributed by atoms with Gasteiger partial charge in [0.25, 0.3) is 0 Å². The molecule has 3 aliphatic heterocycles. The van der Waals surface area contributed by atoms with Crippen LogP contribution in [0.15, 0.2) is 30.3 Å². The highest BCUT2D eigenvalue weighted by Gasteiger charge is 2.76. The molecule has 0 aromatic heterocycles. The first-order chi connectivity index (χ1) is 16.0. The summed E-state index contributed by atoms with van der Waals surface area (Å²) in [6.45, 7) is 9.98. The quantitative estimate of drug-likeness (QED) is 0.548. The number of aliphatic hydroxyl groups is 1. The van der Waals surface area contributed by atoms with E-state index >= 15 is 0 Å². The fraction of sp³-hybridized carbons (Fsp3) is 0.654. The van der Waals surface area contributed by atoms with E-state index in [1.54, 1.807) is 16.7 Å². The van der Waals surface area contributed by atoms with Crippen LogP contribution in [-0.4, -0.2) is 62.0 Å². The molecule has 186 valence electrons. The Morgan fingerprint density at radius 2 is 1.91 bits per heavy atom. The SMILES string of the molecule is CC[C@@H](CO)N1C(=O)[C@@H]2[C@H](C(=O)NCc3ccccc3)[C@@H]3CC(C)C2(S3)C1C(=O)NC(C)(C)C. The van der Waals surface area contributed by atoms with E-state index in [9.17, 15) is 19.5 Å². The van der Waals surface area contributed by atoms with Gasteiger partial charge in [0.05, 0.1) is 29.2 Å². The number of rotatable bonds is 7. The van der Waals surface area contributed by atoms with E-state index in [0.717, 1.165) is 12.0 Å². The minimum atomic E-state index is -0.710. The summed E-state index contributed by atoms with van der Waals surface area (Å²) >= 11 is 1.66. The maximum absolute atomic E-state index is 14.0. The molecule has 7 nitrogen and oxygen atoms in total. The zero-order chi connectivity index (χ0) is 24.8. The van der Waals surface area contributed by atoms with Crippen molar-refractivity contribution < 1.29 is 19.5 Å². The Morgan fingerprint density at radius 1 is 1.24 bits per heavy atom. The molecule has 3 heterocycles. The summed E-state index contributed by atoms with van der Waals surface area (Å²) in [6, 6.07) is 8.55. The average Bonchev–Trinajstić information content (AvgIpc) is 3.37. The molecule has 3 unspecified atom stereocenters. The van der Waals surface area contributed by atoms with Crippen molar-refractivity contribution in [2.75, 3.05) is 6.61 Å². The van der Waals surface area contributed by atoms with Crippen LogP contribution in [-0.2, 0) is 20.9 Å². The van der Waals surface area contributed by atoms with Crippen molar-refractivity contribution in [1.82, 2.24) is 15.5 Å². The third-order valence-corrected chi connectivity index (χ3v) is 9.69. The number of benzene rings is 1. The molecular formula is C26H37N3O4S. The van der Waals surface area contributed by atoms with E-state index in [1.165, 1.54) is 0 Å². The highest BCUT2D eigenvalue weighted by Crippen LogP contribution is 2.68. The van der Waals surface area contributed by atoms with E-state index in [-0.39, 0.29) is 35.5 Å². The third-order valence-electron chi connectivity index (χ3n) is 7.62. The molecule has 0 radical (unpaired) electrons. The second-order valence-corrected chi connectivity index (χ2v) is 12.5. The van der Waals surface area contributed by atoms with Crippen LogP contribution in [0.25, 0.3) is 0 Å². The lowest BCUT2D eigenvalue weighted by Gasteiger charge is -2.41. The van der Waals surface area contributed by atoms with Gasteiger partial charge in [-0.25, -0.2) is 0 Å². The third kappa shape index (κ3) is 4.02. The van der Waals surface area contributed by atoms with E-state index in [0.29, 0.717) is 13.0 Å². The Labute approximate surface area is 206 Å². The molecule has 3 aliphatic rings. The molecule has 34 heavy (non-hydrogen) atoms. The number of fused-ring (bicyclic) bond motifs is 1. The summed E-state index contributed by atoms with van der Waals surface area (Å²) in [5.74, 6) is -1.44. The van der Waals surface area contributed by atoms with Gasteiger partial charge >= 0.3 is 0 Å². The van der Waals surface area contributed by atoms with Crippen LogP contribution in [0, 0.1) is 17.8 Å². The number of nitrogens with one attached hydrogen (secondary N) is 2. The number of hydrogen-bond donors (Lipinski definition) is 3. The molecule has 7 atom stereocenters. The van der Waals surface area contributed by atoms with Crippen molar-refractivity contribution in [3.63, 3.8) is 0 Å². The standard InChI is InChI=1S/C26H37N3O4S/c1-6-17(14-30)29-21(23(32)28-25(3,4)5)26-15(2)12-18(34-26)19(20(26)24(29)33)22(31)27-13-16-10-8-7-9-11-16/h7-11,15,17-21,30H,6,12-14H2,1-5H3,(H,27,31)(H,28,32)/t15?,17-,18-,19+,20-,21?,26?/m0/s1. The summed E-state index contributed by atoms with van der Waals surface area (Å²) in [5, 5.41) is 16.2. The minimum Gasteiger partial charge on any atom is -0.394 e. The Hall–Kier alpha value is -2.06. The van der Waals surface area contributed by atoms with Gasteiger partial charge in [-0.1, -0.05) is 44.2 Å². The second-order valence-electron chi connectivity index (χ2n) is 11.0. The molecule has 3 saturated heterocycles. The zero-order valence-corrected chi connectivity index (χ0v) is 21.5. The number of nitrogens with zero attached hydrogens (tertiary/aromatic N) is 1. The van der Waals surface area contributed by atoms with Gasteiger partial charge in [0.15, 0.2) is 0 Å². The Balaban J connectivity index is 1.69. The summed E-state index contributed by atoms with van der Waals surface area (Å²) in [5.41, 5.74) is 0.543. The number of aliphatic hydroxyl groups excluding tert-OH is 1. The topological polar surface area (TPSA) is 98.7 Å². The van der Waals surface area contributed by atoms with E-state index in [2.05, 4.69) is 17.6 Å². The molecule has 8 heteroatoms. The van der Waals surface area contributed by atoms with Crippen molar-refractivity contribution in [2.45, 2.75) is 81.6 Å². The van der Waals surface area contributed by atoms with Gasteiger partial charge in [0.1, 0.15) is 6.04 Å². The van der Waals surface area contributed by atoms with E-state index in [4.69, 9.17) is 0 Å². The molecule has 3 N–H and O–H groups in total. The molecule has 1 aromatic rings. The number of amides is 3. The highest BCUT2D eigenvalue weighted by molar-refractivity contribution is 8.02. The maximum Gasteiger partial charge on any atom is 0.244 e. The molecule has 4 rings (SSSR count). The van der Waals surface area contributed by atoms with Gasteiger partial charge in [-0.15, -0.1) is 11.8 Å². The second kappa shape index (κ2) is 9.19. The van der Waals surface area contributed by atoms with Gasteiger partial charge in [-0.2, -0.15) is 0 Å². The lowest BCUT2D eigenvalue weighted by atomic mass is 9.65. The highest BCUT2D eigenvalue weighted by atomic mass is 32.2. The number of likely N-dealkylation sites (tertiary alicyclic amines) is 1. The first-order valence-corrected chi connectivity index (χ1v) is 13.2. The molecule has 3 amide bonds. The van der Waals surface area contributed by atoms with Crippen molar-refractivity contribution in [1.29, 1.82) is 0 Å². The molecular weight excluding hydrogens is 450 g/mol. The number of hydrogen-bond acceptors (Lipinski definition) is 5. The largest absolute Gasteiger partial charge is 0.394 e. The lowest BCUT2D eigenvalue weighted by molar-refractivity contribution is -0.143. The molecule has 1 spiro atoms. The van der Waals surface area contributed by atoms with Crippen molar-refractivity contribution in [3.05, 3.63) is 35.9 Å². The normalized spacial score (nSPS) is 33.1. The van der Waals surface area contributed by atoms with Gasteiger partial charge in [0.2, 0.25) is 17.7 Å². The maximum atomic E-state index is 14.0. The zero-order valence-electron chi connectivity index (χ0n) is 20.7. The minimum absolute atomic E-state index is 0.000938. The Morgan fingerprint density at radius 3 is 2.50 bits per heavy atom. The fourth-order valence-corrected chi connectivity index (χ4v) is 8.62. The van der Waals surface area contributed by atoms with E-state index < -0.39 is 34.2 Å². The van der Waals surface area contributed by atoms with Crippen LogP contribution < -0.4 is 10.6 Å². The lowest BCUT2D eigenvalue weighted by Crippen LogP contribution is -2.60. The van der Waals surface area contributed by atoms with Crippen LogP contribution in [0.3, 0.4) is 0 Å². The van der Waals surface area contributed by atoms with Crippen LogP contribution in [0.4, 0.5) is 0 Å². The Bertz CT molecular complexity index is 945. The van der Waals surface area contributed by atoms with Gasteiger partial charge in [-0.3, -0.25) is 14.4 Å². The molecule has 0 saturated carbocycles. The predicted octanol–water partition coefficient (Wildman–Crippen LogP) is 2.33. The summed E-state index contributed by atoms with van der Waals surface area (Å²) in [6.07, 6.45) is 1.33. The predicted molar refractivity (Wildman–Crippen MR) is 133 cm³/mol. The molecule has 0 aliphatic carbocycles. The van der Waals surface area contributed by atoms with Crippen molar-refractivity contribution in [3.8, 4) is 0 Å². The fourth-order valence-electron chi connectivity index (χ4n) is 6.21. The Kier molecular flexibility index (Phi) is 6.77. The number of carbonyl (C=O) groups is 3. The summed E-state index contributed by atoms with van der Waals surface area (Å²) in [4.78, 5) is 42.8. The first-order valence-electron chi connectivity index (χ1n) is 12.3. The summed E-state index contributed by atoms with van der Waals surface area (Å²) < 4.78 is -0.672. The number of thioether (sulfide) groups is 1. The molecule has 1 aromatic carbocycles. The van der Waals surface area contributed by atoms with Crippen LogP contribution in [0.2, 0.25) is 0 Å².